The number of rotatable bonds is 16. The van der Waals surface area contributed by atoms with Gasteiger partial charge in [0.1, 0.15) is 40.8 Å². The number of aromatic nitrogens is 4. The molecule has 4 aromatic carbocycles. The third kappa shape index (κ3) is 10.8. The van der Waals surface area contributed by atoms with Crippen molar-refractivity contribution in [3.63, 3.8) is 0 Å². The molecule has 6 heterocycles. The zero-order valence-corrected chi connectivity index (χ0v) is 45.6. The van der Waals surface area contributed by atoms with Gasteiger partial charge in [-0.1, -0.05) is 18.7 Å². The van der Waals surface area contributed by atoms with E-state index in [2.05, 4.69) is 27.2 Å². The Morgan fingerprint density at radius 2 is 1.10 bits per heavy atom. The van der Waals surface area contributed by atoms with Gasteiger partial charge in [-0.25, -0.2) is 41.5 Å². The smallest absolute Gasteiger partial charge is 0.407 e. The molecule has 426 valence electrons. The molecular formula is C58H67F5N10O7. The van der Waals surface area contributed by atoms with Crippen LogP contribution in [0, 0.1) is 29.1 Å². The van der Waals surface area contributed by atoms with Crippen LogP contribution in [0.1, 0.15) is 124 Å². The van der Waals surface area contributed by atoms with Gasteiger partial charge in [0.05, 0.1) is 78.7 Å². The number of alkyl carbamates (subject to hydrolysis) is 2. The number of imidazole rings is 2. The van der Waals surface area contributed by atoms with Gasteiger partial charge in [0.15, 0.2) is 11.6 Å². The minimum Gasteiger partial charge on any atom is -0.453 e. The number of aromatic amines is 2. The highest BCUT2D eigenvalue weighted by atomic mass is 19.1. The van der Waals surface area contributed by atoms with Crippen LogP contribution in [0.4, 0.5) is 42.9 Å². The van der Waals surface area contributed by atoms with E-state index < -0.39 is 83.8 Å². The first-order valence-electron chi connectivity index (χ1n) is 27.2. The lowest BCUT2D eigenvalue weighted by Gasteiger charge is -2.36. The van der Waals surface area contributed by atoms with E-state index in [9.17, 15) is 18.8 Å². The summed E-state index contributed by atoms with van der Waals surface area (Å²) in [7, 11) is 5.43. The first kappa shape index (κ1) is 55.8. The first-order chi connectivity index (χ1) is 38.5. The molecule has 0 radical (unpaired) electrons. The molecule has 0 spiro atoms. The summed E-state index contributed by atoms with van der Waals surface area (Å²) in [6, 6.07) is 10.3. The summed E-state index contributed by atoms with van der Waals surface area (Å²) in [5.41, 5.74) is 3.35. The molecule has 0 unspecified atom stereocenters. The molecule has 17 nitrogen and oxygen atoms in total. The highest BCUT2D eigenvalue weighted by Crippen LogP contribution is 2.50. The summed E-state index contributed by atoms with van der Waals surface area (Å²) in [4.78, 5) is 62.1. The molecule has 0 aliphatic carbocycles. The van der Waals surface area contributed by atoms with Crippen LogP contribution in [0.15, 0.2) is 72.9 Å². The fourth-order valence-electron chi connectivity index (χ4n) is 12.5. The Balaban J connectivity index is 0.993. The number of carbonyl (C=O) groups is 3. The Morgan fingerprint density at radius 1 is 0.613 bits per heavy atom. The fraction of sp³-hybridized carbons (Fsp3) is 0.466. The van der Waals surface area contributed by atoms with E-state index in [0.29, 0.717) is 92.2 Å². The molecule has 0 bridgehead atoms. The van der Waals surface area contributed by atoms with Crippen LogP contribution in [-0.2, 0) is 23.7 Å². The molecule has 0 saturated carbocycles. The lowest BCUT2D eigenvalue weighted by atomic mass is 9.89. The molecule has 4 fully saturated rings. The van der Waals surface area contributed by atoms with Gasteiger partial charge in [0, 0.05) is 75.0 Å². The second-order valence-corrected chi connectivity index (χ2v) is 21.3. The topological polar surface area (TPSA) is 183 Å². The van der Waals surface area contributed by atoms with Gasteiger partial charge >= 0.3 is 12.2 Å². The normalized spacial score (nSPS) is 21.3. The number of fused-ring (bicyclic) bond motifs is 2. The molecule has 4 aliphatic rings. The minimum absolute atomic E-state index is 0.0769. The van der Waals surface area contributed by atoms with Crippen molar-refractivity contribution < 1.29 is 55.3 Å². The van der Waals surface area contributed by atoms with Crippen LogP contribution in [0.2, 0.25) is 0 Å². The number of nitrogens with zero attached hydrogens (tertiary/aromatic N) is 6. The van der Waals surface area contributed by atoms with Gasteiger partial charge in [-0.2, -0.15) is 0 Å². The number of carbonyl (C=O) groups excluding carboxylic acids is 3. The molecule has 4 saturated heterocycles. The van der Waals surface area contributed by atoms with Crippen LogP contribution >= 0.6 is 0 Å². The number of benzene rings is 4. The summed E-state index contributed by atoms with van der Waals surface area (Å²) in [5, 5.41) is 5.40. The summed E-state index contributed by atoms with van der Waals surface area (Å²) in [5.74, 6) is -2.67. The monoisotopic (exact) mass is 1110 g/mol. The lowest BCUT2D eigenvalue weighted by Crippen LogP contribution is -2.54. The van der Waals surface area contributed by atoms with Crippen LogP contribution in [-0.4, -0.2) is 127 Å². The summed E-state index contributed by atoms with van der Waals surface area (Å²) < 4.78 is 102. The van der Waals surface area contributed by atoms with E-state index in [0.717, 1.165) is 12.0 Å². The Bertz CT molecular complexity index is 3100. The number of amides is 3. The van der Waals surface area contributed by atoms with Crippen LogP contribution < -0.4 is 20.4 Å². The number of ether oxygens (including phenoxy) is 4. The van der Waals surface area contributed by atoms with Crippen LogP contribution in [0.5, 0.6) is 0 Å². The quantitative estimate of drug-likeness (QED) is 0.0674. The maximum Gasteiger partial charge on any atom is 0.407 e. The number of likely N-dealkylation sites (tertiary alicyclic amines) is 2. The second kappa shape index (κ2) is 23.3. The van der Waals surface area contributed by atoms with E-state index in [-0.39, 0.29) is 58.6 Å². The van der Waals surface area contributed by atoms with E-state index in [4.69, 9.17) is 28.9 Å². The van der Waals surface area contributed by atoms with Crippen molar-refractivity contribution in [2.45, 2.75) is 120 Å². The maximum atomic E-state index is 17.0. The molecule has 3 amide bonds. The molecule has 80 heavy (non-hydrogen) atoms. The highest BCUT2D eigenvalue weighted by molar-refractivity contribution is 5.87. The van der Waals surface area contributed by atoms with Crippen LogP contribution in [0.3, 0.4) is 0 Å². The minimum atomic E-state index is -1.07. The van der Waals surface area contributed by atoms with Crippen LogP contribution in [0.25, 0.3) is 22.1 Å². The average Bonchev–Trinajstić information content (AvgIpc) is 4.48. The Morgan fingerprint density at radius 3 is 1.61 bits per heavy atom. The van der Waals surface area contributed by atoms with Gasteiger partial charge in [-0.3, -0.25) is 4.79 Å². The van der Waals surface area contributed by atoms with E-state index in [1.165, 1.54) is 64.8 Å². The summed E-state index contributed by atoms with van der Waals surface area (Å²) in [6.07, 6.45) is 1.65. The lowest BCUT2D eigenvalue weighted by molar-refractivity contribution is -0.137. The molecule has 4 N–H and O–H groups in total. The van der Waals surface area contributed by atoms with Crippen molar-refractivity contribution in [3.05, 3.63) is 130 Å². The van der Waals surface area contributed by atoms with E-state index in [1.54, 1.807) is 45.9 Å². The summed E-state index contributed by atoms with van der Waals surface area (Å²) in [6.45, 7) is 9.45. The van der Waals surface area contributed by atoms with E-state index in [1.807, 2.05) is 11.8 Å². The number of hydrogen-bond donors (Lipinski definition) is 4. The van der Waals surface area contributed by atoms with Crippen molar-refractivity contribution in [3.8, 4) is 0 Å². The Hall–Kier alpha value is -7.46. The van der Waals surface area contributed by atoms with Crippen molar-refractivity contribution in [2.75, 3.05) is 64.4 Å². The molecule has 2 aromatic heterocycles. The molecule has 10 rings (SSSR count). The van der Waals surface area contributed by atoms with E-state index >= 15 is 17.6 Å². The molecule has 4 aliphatic heterocycles. The number of halogens is 5. The number of nitrogens with one attached hydrogen (secondary N) is 4. The Kier molecular flexibility index (Phi) is 16.3. The third-order valence-corrected chi connectivity index (χ3v) is 16.8. The average molecular weight is 1110 g/mol. The third-order valence-electron chi connectivity index (χ3n) is 16.8. The summed E-state index contributed by atoms with van der Waals surface area (Å²) >= 11 is 0. The molecule has 22 heteroatoms. The van der Waals surface area contributed by atoms with Gasteiger partial charge in [0.2, 0.25) is 5.91 Å². The highest BCUT2D eigenvalue weighted by Gasteiger charge is 2.42. The number of piperidine rings is 1. The largest absolute Gasteiger partial charge is 0.453 e. The maximum absolute atomic E-state index is 17.0. The van der Waals surface area contributed by atoms with Gasteiger partial charge < -0.3 is 59.1 Å². The predicted octanol–water partition coefficient (Wildman–Crippen LogP) is 10.4. The van der Waals surface area contributed by atoms with Crippen molar-refractivity contribution >= 4 is 51.5 Å². The van der Waals surface area contributed by atoms with Crippen molar-refractivity contribution in [2.24, 2.45) is 0 Å². The number of hydrogen-bond acceptors (Lipinski definition) is 12. The zero-order chi connectivity index (χ0) is 56.7. The molecule has 8 atom stereocenters. The number of H-pyrrole nitrogens is 2. The SMILES string of the molecule is C=C([C@@H](NC(=O)OC)[C@@H](C)OC)N1CCC[C@H]1c1nc2cc(F)c([C@H]3CC[C@H](c4cc5[nH]c([C@@H]6CCCN6C(=O)[C@@H](NC(=O)OC)[C@@H](C)OC)nc5cc4F)N3c3cc(F)c(N4CCC(c5ccc(F)cc5)CC4)c(F)c3)cc2[nH]1. The predicted molar refractivity (Wildman–Crippen MR) is 289 cm³/mol. The standard InChI is InChI=1S/C58H67F5N10O7/c1-30(51(31(2)77-4)68-57(75)79-6)71-20-8-10-49(71)54-64-43-26-37(39(60)28-45(43)66-54)47-16-17-48(73(47)36-24-41(62)53(42(63)25-36)70-22-18-34(19-23-70)33-12-14-35(59)15-13-33)38-27-44-46(29-40(38)61)67-55(65-44)50-11-9-21-72(50)56(74)52(32(3)78-5)69-58(76)80-7/h12-15,24-29,31-32,34,47-52H,1,8-11,16-23H2,2-7H3,(H,64,66)(H,65,67)(H,68,75)(H,69,76)/t31-,32-,47-,48-,49+,50+,51-,52+/m1/s1. The number of anilines is 2. The van der Waals surface area contributed by atoms with Crippen molar-refractivity contribution in [1.82, 2.24) is 40.4 Å². The fourth-order valence-corrected chi connectivity index (χ4v) is 12.5. The molecule has 6 aromatic rings. The first-order valence-corrected chi connectivity index (χ1v) is 27.2. The van der Waals surface area contributed by atoms with Gasteiger partial charge in [-0.05, 0) is 113 Å². The zero-order valence-electron chi connectivity index (χ0n) is 45.6. The van der Waals surface area contributed by atoms with Gasteiger partial charge in [-0.15, -0.1) is 0 Å². The Labute approximate surface area is 460 Å². The molecular weight excluding hydrogens is 1040 g/mol. The van der Waals surface area contributed by atoms with Crippen molar-refractivity contribution in [1.29, 1.82) is 0 Å². The number of methoxy groups -OCH3 is 4. The second-order valence-electron chi connectivity index (χ2n) is 21.3. The van der Waals surface area contributed by atoms with Gasteiger partial charge in [0.25, 0.3) is 0 Å².